The molecule has 28 heavy (non-hydrogen) atoms. The molecule has 0 aliphatic carbocycles. The molecule has 0 radical (unpaired) electrons. The van der Waals surface area contributed by atoms with Crippen LogP contribution in [0.1, 0.15) is 45.6 Å². The molecule has 2 bridgehead atoms. The Morgan fingerprint density at radius 1 is 1.21 bits per heavy atom. The molecule has 5 atom stereocenters. The van der Waals surface area contributed by atoms with E-state index in [1.807, 2.05) is 6.20 Å². The molecular formula is C21H33N5O2. The van der Waals surface area contributed by atoms with Crippen LogP contribution in [0.2, 0.25) is 0 Å². The van der Waals surface area contributed by atoms with Crippen LogP contribution in [-0.2, 0) is 16.0 Å². The van der Waals surface area contributed by atoms with E-state index in [0.717, 1.165) is 49.8 Å². The minimum absolute atomic E-state index is 0.235. The molecule has 5 unspecified atom stereocenters. The second kappa shape index (κ2) is 8.66. The summed E-state index contributed by atoms with van der Waals surface area (Å²) in [6.07, 6.45) is 6.63. The van der Waals surface area contributed by atoms with Gasteiger partial charge in [0.15, 0.2) is 5.96 Å². The Balaban J connectivity index is 1.35. The Kier molecular flexibility index (Phi) is 6.01. The van der Waals surface area contributed by atoms with Crippen molar-refractivity contribution in [2.24, 2.45) is 4.99 Å². The fraction of sp³-hybridized carbons (Fsp3) is 0.714. The Morgan fingerprint density at radius 2 is 2.04 bits per heavy atom. The number of fused-ring (bicyclic) bond motifs is 2. The van der Waals surface area contributed by atoms with Crippen molar-refractivity contribution >= 4 is 11.8 Å². The number of aromatic nitrogens is 1. The van der Waals surface area contributed by atoms with E-state index in [-0.39, 0.29) is 12.2 Å². The number of hydrogen-bond acceptors (Lipinski definition) is 5. The van der Waals surface area contributed by atoms with Gasteiger partial charge >= 0.3 is 0 Å². The van der Waals surface area contributed by atoms with E-state index >= 15 is 0 Å². The van der Waals surface area contributed by atoms with Crippen LogP contribution in [0, 0.1) is 0 Å². The van der Waals surface area contributed by atoms with Gasteiger partial charge in [0.25, 0.3) is 0 Å². The van der Waals surface area contributed by atoms with Crippen LogP contribution in [0.4, 0.5) is 5.82 Å². The summed E-state index contributed by atoms with van der Waals surface area (Å²) in [7, 11) is 0. The highest BCUT2D eigenvalue weighted by Crippen LogP contribution is 2.34. The monoisotopic (exact) mass is 387 g/mol. The summed E-state index contributed by atoms with van der Waals surface area (Å²) in [4.78, 5) is 11.7. The summed E-state index contributed by atoms with van der Waals surface area (Å²) < 4.78 is 11.8. The number of rotatable bonds is 5. The molecule has 2 N–H and O–H groups in total. The predicted molar refractivity (Wildman–Crippen MR) is 111 cm³/mol. The number of morpholine rings is 1. The van der Waals surface area contributed by atoms with Gasteiger partial charge < -0.3 is 25.0 Å². The Hall–Kier alpha value is -1.86. The molecule has 7 nitrogen and oxygen atoms in total. The minimum atomic E-state index is 0.235. The van der Waals surface area contributed by atoms with Crippen molar-refractivity contribution in [1.82, 2.24) is 15.6 Å². The third-order valence-electron chi connectivity index (χ3n) is 5.74. The lowest BCUT2D eigenvalue weighted by Gasteiger charge is -2.36. The maximum atomic E-state index is 5.94. The van der Waals surface area contributed by atoms with E-state index in [0.29, 0.717) is 24.8 Å². The van der Waals surface area contributed by atoms with Crippen molar-refractivity contribution in [3.05, 3.63) is 23.9 Å². The summed E-state index contributed by atoms with van der Waals surface area (Å²) in [5.41, 5.74) is 1.11. The molecule has 3 aliphatic rings. The van der Waals surface area contributed by atoms with Crippen molar-refractivity contribution in [2.45, 2.75) is 77.0 Å². The topological polar surface area (TPSA) is 71.0 Å². The number of guanidine groups is 1. The highest BCUT2D eigenvalue weighted by molar-refractivity contribution is 5.80. The van der Waals surface area contributed by atoms with Crippen LogP contribution in [0.15, 0.2) is 23.3 Å². The highest BCUT2D eigenvalue weighted by atomic mass is 16.5. The summed E-state index contributed by atoms with van der Waals surface area (Å²) >= 11 is 0. The molecule has 4 rings (SSSR count). The van der Waals surface area contributed by atoms with Gasteiger partial charge in [-0.2, -0.15) is 0 Å². The van der Waals surface area contributed by atoms with Gasteiger partial charge in [0, 0.05) is 25.8 Å². The SMILES string of the molecule is CCNC(=NCc1ccc(N2CC(C)OC(C)C2)nc1)NC1CC2CCC1O2. The van der Waals surface area contributed by atoms with Crippen molar-refractivity contribution < 1.29 is 9.47 Å². The molecule has 3 saturated heterocycles. The number of nitrogens with one attached hydrogen (secondary N) is 2. The maximum absolute atomic E-state index is 5.94. The molecular weight excluding hydrogens is 354 g/mol. The lowest BCUT2D eigenvalue weighted by Crippen LogP contribution is -2.47. The molecule has 0 spiro atoms. The summed E-state index contributed by atoms with van der Waals surface area (Å²) in [6, 6.07) is 4.60. The van der Waals surface area contributed by atoms with Gasteiger partial charge in [-0.05, 0) is 51.7 Å². The van der Waals surface area contributed by atoms with Crippen molar-refractivity contribution in [3.8, 4) is 0 Å². The summed E-state index contributed by atoms with van der Waals surface area (Å²) in [5, 5.41) is 6.92. The van der Waals surface area contributed by atoms with Crippen LogP contribution in [-0.4, -0.2) is 61.0 Å². The van der Waals surface area contributed by atoms with Gasteiger partial charge in [-0.1, -0.05) is 6.07 Å². The van der Waals surface area contributed by atoms with Gasteiger partial charge in [0.05, 0.1) is 37.0 Å². The van der Waals surface area contributed by atoms with Gasteiger partial charge in [-0.25, -0.2) is 9.98 Å². The van der Waals surface area contributed by atoms with Crippen molar-refractivity contribution in [2.75, 3.05) is 24.5 Å². The lowest BCUT2D eigenvalue weighted by atomic mass is 9.96. The summed E-state index contributed by atoms with van der Waals surface area (Å²) in [5.74, 6) is 1.88. The zero-order valence-corrected chi connectivity index (χ0v) is 17.2. The van der Waals surface area contributed by atoms with E-state index in [1.54, 1.807) is 0 Å². The first-order valence-electron chi connectivity index (χ1n) is 10.7. The number of ether oxygens (including phenoxy) is 2. The van der Waals surface area contributed by atoms with Gasteiger partial charge in [-0.3, -0.25) is 0 Å². The first-order chi connectivity index (χ1) is 13.6. The van der Waals surface area contributed by atoms with E-state index in [1.165, 1.54) is 6.42 Å². The molecule has 4 heterocycles. The number of nitrogens with zero attached hydrogens (tertiary/aromatic N) is 3. The maximum Gasteiger partial charge on any atom is 0.191 e. The molecule has 7 heteroatoms. The number of anilines is 1. The van der Waals surface area contributed by atoms with Crippen molar-refractivity contribution in [1.29, 1.82) is 0 Å². The lowest BCUT2D eigenvalue weighted by molar-refractivity contribution is -0.00545. The van der Waals surface area contributed by atoms with Crippen LogP contribution < -0.4 is 15.5 Å². The number of aliphatic imine (C=N–C) groups is 1. The molecule has 0 saturated carbocycles. The zero-order chi connectivity index (χ0) is 19.5. The zero-order valence-electron chi connectivity index (χ0n) is 17.2. The van der Waals surface area contributed by atoms with E-state index in [2.05, 4.69) is 53.4 Å². The Labute approximate surface area is 167 Å². The van der Waals surface area contributed by atoms with Gasteiger partial charge in [0.1, 0.15) is 5.82 Å². The quantitative estimate of drug-likeness (QED) is 0.595. The standard InChI is InChI=1S/C21H33N5O2/c1-4-22-21(25-18-9-17-6-7-19(18)28-17)24-11-16-5-8-20(23-10-16)26-12-14(2)27-15(3)13-26/h5,8,10,14-15,17-19H,4,6-7,9,11-13H2,1-3H3,(H2,22,24,25). The molecule has 0 aromatic carbocycles. The Bertz CT molecular complexity index is 670. The number of hydrogen-bond donors (Lipinski definition) is 2. The van der Waals surface area contributed by atoms with Gasteiger partial charge in [-0.15, -0.1) is 0 Å². The highest BCUT2D eigenvalue weighted by Gasteiger charge is 2.41. The van der Waals surface area contributed by atoms with Crippen LogP contribution in [0.25, 0.3) is 0 Å². The second-order valence-corrected chi connectivity index (χ2v) is 8.24. The van der Waals surface area contributed by atoms with E-state index < -0.39 is 0 Å². The molecule has 1 aromatic rings. The minimum Gasteiger partial charge on any atom is -0.373 e. The third kappa shape index (κ3) is 4.58. The van der Waals surface area contributed by atoms with Crippen molar-refractivity contribution in [3.63, 3.8) is 0 Å². The van der Waals surface area contributed by atoms with Crippen LogP contribution >= 0.6 is 0 Å². The van der Waals surface area contributed by atoms with E-state index in [9.17, 15) is 0 Å². The Morgan fingerprint density at radius 3 is 2.64 bits per heavy atom. The number of pyridine rings is 1. The van der Waals surface area contributed by atoms with Crippen LogP contribution in [0.5, 0.6) is 0 Å². The molecule has 3 aliphatic heterocycles. The van der Waals surface area contributed by atoms with Gasteiger partial charge in [0.2, 0.25) is 0 Å². The smallest absolute Gasteiger partial charge is 0.191 e. The fourth-order valence-corrected chi connectivity index (χ4v) is 4.52. The molecule has 3 fully saturated rings. The first kappa shape index (κ1) is 19.5. The van der Waals surface area contributed by atoms with E-state index in [4.69, 9.17) is 14.5 Å². The first-order valence-corrected chi connectivity index (χ1v) is 10.7. The predicted octanol–water partition coefficient (Wildman–Crippen LogP) is 2.07. The van der Waals surface area contributed by atoms with Crippen LogP contribution in [0.3, 0.4) is 0 Å². The molecule has 0 amide bonds. The normalized spacial score (nSPS) is 32.6. The fourth-order valence-electron chi connectivity index (χ4n) is 4.52. The average molecular weight is 388 g/mol. The average Bonchev–Trinajstić information content (AvgIpc) is 3.29. The molecule has 1 aromatic heterocycles. The summed E-state index contributed by atoms with van der Waals surface area (Å²) in [6.45, 7) is 9.54. The molecule has 154 valence electrons. The largest absolute Gasteiger partial charge is 0.373 e. The third-order valence-corrected chi connectivity index (χ3v) is 5.74. The second-order valence-electron chi connectivity index (χ2n) is 8.24.